The lowest BCUT2D eigenvalue weighted by Crippen LogP contribution is -2.45. The number of alkyl halides is 3. The summed E-state index contributed by atoms with van der Waals surface area (Å²) in [5.74, 6) is -0.974. The van der Waals surface area contributed by atoms with Gasteiger partial charge in [-0.1, -0.05) is 35.2 Å². The third-order valence-corrected chi connectivity index (χ3v) is 7.04. The number of rotatable bonds is 3. The summed E-state index contributed by atoms with van der Waals surface area (Å²) >= 11 is 2.65. The van der Waals surface area contributed by atoms with Gasteiger partial charge < -0.3 is 5.32 Å². The van der Waals surface area contributed by atoms with E-state index in [0.717, 1.165) is 22.3 Å². The van der Waals surface area contributed by atoms with Gasteiger partial charge in [-0.15, -0.1) is 10.2 Å². The second kappa shape index (κ2) is 7.48. The van der Waals surface area contributed by atoms with Crippen LogP contribution in [0, 0.1) is 0 Å². The fourth-order valence-electron chi connectivity index (χ4n) is 3.52. The van der Waals surface area contributed by atoms with Gasteiger partial charge in [0, 0.05) is 0 Å². The van der Waals surface area contributed by atoms with Crippen LogP contribution in [-0.2, 0) is 15.8 Å². The lowest BCUT2D eigenvalue weighted by Gasteiger charge is -2.31. The molecule has 4 aromatic rings. The molecule has 0 fully saturated rings. The number of amides is 2. The normalized spacial score (nSPS) is 15.1. The summed E-state index contributed by atoms with van der Waals surface area (Å²) in [5, 5.41) is 10.6. The van der Waals surface area contributed by atoms with Crippen molar-refractivity contribution in [2.24, 2.45) is 0 Å². The van der Waals surface area contributed by atoms with Crippen molar-refractivity contribution in [2.45, 2.75) is 23.5 Å². The van der Waals surface area contributed by atoms with E-state index in [1.165, 1.54) is 34.1 Å². The lowest BCUT2D eigenvalue weighted by atomic mass is 10.1. The number of carbonyl (C=O) groups excluding carboxylic acids is 2. The summed E-state index contributed by atoms with van der Waals surface area (Å²) in [7, 11) is 0. The molecule has 5 rings (SSSR count). The van der Waals surface area contributed by atoms with E-state index >= 15 is 0 Å². The number of thiazole rings is 1. The topological polar surface area (TPSA) is 79.6 Å². The molecule has 0 aliphatic carbocycles. The summed E-state index contributed by atoms with van der Waals surface area (Å²) in [6.45, 7) is 1.39. The molecule has 1 aliphatic rings. The largest absolute Gasteiger partial charge is 0.416 e. The van der Waals surface area contributed by atoms with Crippen molar-refractivity contribution in [1.29, 1.82) is 0 Å². The van der Waals surface area contributed by atoms with Crippen LogP contribution < -0.4 is 10.2 Å². The molecular formula is C20H14F3N5O2S2. The second-order valence-electron chi connectivity index (χ2n) is 7.13. The summed E-state index contributed by atoms with van der Waals surface area (Å²) < 4.78 is 42.0. The highest BCUT2D eigenvalue weighted by molar-refractivity contribution is 8.00. The van der Waals surface area contributed by atoms with E-state index in [4.69, 9.17) is 0 Å². The molecule has 0 bridgehead atoms. The van der Waals surface area contributed by atoms with E-state index in [-0.39, 0.29) is 17.9 Å². The van der Waals surface area contributed by atoms with E-state index < -0.39 is 28.8 Å². The number of anilines is 2. The summed E-state index contributed by atoms with van der Waals surface area (Å²) in [4.78, 5) is 27.2. The third kappa shape index (κ3) is 3.48. The highest BCUT2D eigenvalue weighted by Gasteiger charge is 2.35. The molecule has 2 aromatic heterocycles. The molecule has 32 heavy (non-hydrogen) atoms. The van der Waals surface area contributed by atoms with Gasteiger partial charge in [0.15, 0.2) is 5.16 Å². The van der Waals surface area contributed by atoms with Gasteiger partial charge in [-0.2, -0.15) is 13.2 Å². The molecule has 0 spiro atoms. The van der Waals surface area contributed by atoms with Gasteiger partial charge in [-0.25, -0.2) is 0 Å². The van der Waals surface area contributed by atoms with Gasteiger partial charge in [-0.05, 0) is 37.3 Å². The fourth-order valence-corrected chi connectivity index (χ4v) is 5.47. The molecule has 1 N–H and O–H groups in total. The first-order valence-corrected chi connectivity index (χ1v) is 11.1. The molecule has 2 aromatic carbocycles. The first-order chi connectivity index (χ1) is 15.2. The smallest absolute Gasteiger partial charge is 0.323 e. The number of hydrogen-bond donors (Lipinski definition) is 1. The number of fused-ring (bicyclic) bond motifs is 4. The first-order valence-electron chi connectivity index (χ1n) is 9.44. The average molecular weight is 477 g/mol. The van der Waals surface area contributed by atoms with E-state index in [1.807, 2.05) is 28.7 Å². The highest BCUT2D eigenvalue weighted by Crippen LogP contribution is 2.38. The maximum atomic E-state index is 13.2. The Hall–Kier alpha value is -3.12. The second-order valence-corrected chi connectivity index (χ2v) is 9.45. The molecule has 1 aliphatic heterocycles. The number of para-hydroxylation sites is 1. The first kappa shape index (κ1) is 20.8. The number of nitrogens with zero attached hydrogens (tertiary/aromatic N) is 4. The van der Waals surface area contributed by atoms with Crippen molar-refractivity contribution >= 4 is 61.5 Å². The van der Waals surface area contributed by atoms with Gasteiger partial charge >= 0.3 is 6.18 Å². The molecule has 1 atom stereocenters. The van der Waals surface area contributed by atoms with Crippen LogP contribution in [0.1, 0.15) is 12.5 Å². The predicted molar refractivity (Wildman–Crippen MR) is 116 cm³/mol. The Morgan fingerprint density at radius 2 is 2.00 bits per heavy atom. The van der Waals surface area contributed by atoms with Crippen LogP contribution in [-0.4, -0.2) is 38.2 Å². The zero-order chi connectivity index (χ0) is 22.6. The van der Waals surface area contributed by atoms with Crippen LogP contribution in [0.5, 0.6) is 0 Å². The molecule has 7 nitrogen and oxygen atoms in total. The van der Waals surface area contributed by atoms with Crippen LogP contribution in [0.25, 0.3) is 15.2 Å². The van der Waals surface area contributed by atoms with E-state index in [1.54, 1.807) is 6.92 Å². The average Bonchev–Trinajstić information content (AvgIpc) is 3.31. The summed E-state index contributed by atoms with van der Waals surface area (Å²) in [5.41, 5.74) is 0.197. The van der Waals surface area contributed by atoms with E-state index in [9.17, 15) is 22.8 Å². The van der Waals surface area contributed by atoms with Gasteiger partial charge in [0.25, 0.3) is 0 Å². The Morgan fingerprint density at radius 3 is 2.78 bits per heavy atom. The molecule has 164 valence electrons. The van der Waals surface area contributed by atoms with Crippen molar-refractivity contribution in [3.63, 3.8) is 0 Å². The summed E-state index contributed by atoms with van der Waals surface area (Å²) in [6.07, 6.45) is -4.56. The van der Waals surface area contributed by atoms with Crippen LogP contribution >= 0.6 is 23.1 Å². The monoisotopic (exact) mass is 477 g/mol. The van der Waals surface area contributed by atoms with Crippen molar-refractivity contribution in [2.75, 3.05) is 16.8 Å². The minimum atomic E-state index is -4.56. The molecule has 0 saturated heterocycles. The third-order valence-electron chi connectivity index (χ3n) is 5.00. The number of aromatic nitrogens is 3. The zero-order valence-corrected chi connectivity index (χ0v) is 18.0. The fraction of sp³-hybridized carbons (Fsp3) is 0.200. The van der Waals surface area contributed by atoms with Crippen LogP contribution in [0.15, 0.2) is 47.6 Å². The molecule has 0 radical (unpaired) electrons. The Morgan fingerprint density at radius 1 is 1.22 bits per heavy atom. The SMILES string of the molecule is CC(Sc1nnc2sc3ccccc3n12)C(=O)N1CC(=O)Nc2cc(C(F)(F)F)ccc21. The maximum absolute atomic E-state index is 13.2. The number of thioether (sulfide) groups is 1. The minimum Gasteiger partial charge on any atom is -0.323 e. The van der Waals surface area contributed by atoms with Crippen LogP contribution in [0.3, 0.4) is 0 Å². The molecule has 0 saturated carbocycles. The van der Waals surface area contributed by atoms with Gasteiger partial charge in [0.2, 0.25) is 16.8 Å². The number of nitrogens with one attached hydrogen (secondary N) is 1. The highest BCUT2D eigenvalue weighted by atomic mass is 32.2. The van der Waals surface area contributed by atoms with Gasteiger partial charge in [0.05, 0.1) is 32.4 Å². The van der Waals surface area contributed by atoms with Crippen LogP contribution in [0.2, 0.25) is 0 Å². The standard InChI is InChI=1S/C20H14F3N5O2S2/c1-10(31-18-25-26-19-28(18)14-4-2-3-5-15(14)32-19)17(30)27-9-16(29)24-12-8-11(20(21,22)23)6-7-13(12)27/h2-8,10H,9H2,1H3,(H,24,29). The maximum Gasteiger partial charge on any atom is 0.416 e. The Balaban J connectivity index is 1.45. The zero-order valence-electron chi connectivity index (χ0n) is 16.4. The Labute approximate surface area is 187 Å². The Kier molecular flexibility index (Phi) is 4.86. The molecule has 3 heterocycles. The number of halogens is 3. The van der Waals surface area contributed by atoms with E-state index in [2.05, 4.69) is 15.5 Å². The molecule has 1 unspecified atom stereocenters. The minimum absolute atomic E-state index is 0.0460. The van der Waals surface area contributed by atoms with Crippen molar-refractivity contribution in [3.8, 4) is 0 Å². The van der Waals surface area contributed by atoms with Crippen molar-refractivity contribution in [1.82, 2.24) is 14.6 Å². The number of benzene rings is 2. The predicted octanol–water partition coefficient (Wildman–Crippen LogP) is 4.43. The molecular weight excluding hydrogens is 463 g/mol. The van der Waals surface area contributed by atoms with E-state index in [0.29, 0.717) is 10.1 Å². The number of carbonyl (C=O) groups is 2. The van der Waals surface area contributed by atoms with Crippen molar-refractivity contribution in [3.05, 3.63) is 48.0 Å². The van der Waals surface area contributed by atoms with Crippen LogP contribution in [0.4, 0.5) is 24.5 Å². The lowest BCUT2D eigenvalue weighted by molar-refractivity contribution is -0.137. The van der Waals surface area contributed by atoms with Gasteiger partial charge in [-0.3, -0.25) is 18.9 Å². The molecule has 2 amide bonds. The van der Waals surface area contributed by atoms with Gasteiger partial charge in [0.1, 0.15) is 6.54 Å². The Bertz CT molecular complexity index is 1380. The summed E-state index contributed by atoms with van der Waals surface area (Å²) in [6, 6.07) is 10.7. The molecule has 12 heteroatoms. The number of hydrogen-bond acceptors (Lipinski definition) is 6. The quantitative estimate of drug-likeness (QED) is 0.442. The van der Waals surface area contributed by atoms with Crippen molar-refractivity contribution < 1.29 is 22.8 Å².